The largest absolute Gasteiger partial charge is 0.393 e. The number of aliphatic hydroxyl groups excluding tert-OH is 1. The minimum atomic E-state index is -0.216. The fourth-order valence-electron chi connectivity index (χ4n) is 3.14. The lowest BCUT2D eigenvalue weighted by Gasteiger charge is -2.38. The molecule has 1 saturated carbocycles. The summed E-state index contributed by atoms with van der Waals surface area (Å²) < 4.78 is 0. The SMILES string of the molecule is Cc1ncsc1CCC(=O)N[C@@H](Cc1ccncc1)C1CC(O)C1. The summed E-state index contributed by atoms with van der Waals surface area (Å²) in [7, 11) is 0. The maximum atomic E-state index is 12.4. The van der Waals surface area contributed by atoms with Gasteiger partial charge >= 0.3 is 0 Å². The van der Waals surface area contributed by atoms with E-state index in [1.54, 1.807) is 23.7 Å². The fourth-order valence-corrected chi connectivity index (χ4v) is 3.92. The lowest BCUT2D eigenvalue weighted by atomic mass is 9.75. The van der Waals surface area contributed by atoms with Gasteiger partial charge in [-0.2, -0.15) is 0 Å². The molecule has 0 aliphatic heterocycles. The summed E-state index contributed by atoms with van der Waals surface area (Å²) in [5.41, 5.74) is 4.00. The average molecular weight is 345 g/mol. The first-order valence-electron chi connectivity index (χ1n) is 8.37. The van der Waals surface area contributed by atoms with Crippen LogP contribution in [0.1, 0.15) is 35.4 Å². The van der Waals surface area contributed by atoms with Crippen LogP contribution in [0, 0.1) is 12.8 Å². The van der Waals surface area contributed by atoms with Crippen molar-refractivity contribution in [2.45, 2.75) is 51.2 Å². The van der Waals surface area contributed by atoms with Gasteiger partial charge in [0.15, 0.2) is 0 Å². The predicted molar refractivity (Wildman–Crippen MR) is 93.8 cm³/mol. The first-order chi connectivity index (χ1) is 11.6. The van der Waals surface area contributed by atoms with Gasteiger partial charge in [-0.3, -0.25) is 9.78 Å². The minimum Gasteiger partial charge on any atom is -0.393 e. The molecule has 2 aromatic rings. The lowest BCUT2D eigenvalue weighted by molar-refractivity contribution is -0.122. The second-order valence-electron chi connectivity index (χ2n) is 6.48. The smallest absolute Gasteiger partial charge is 0.220 e. The Labute approximate surface area is 146 Å². The molecule has 0 spiro atoms. The van der Waals surface area contributed by atoms with E-state index in [1.807, 2.05) is 24.6 Å². The zero-order valence-corrected chi connectivity index (χ0v) is 14.6. The van der Waals surface area contributed by atoms with Crippen molar-refractivity contribution in [2.75, 3.05) is 0 Å². The lowest BCUT2D eigenvalue weighted by Crippen LogP contribution is -2.48. The molecule has 2 aromatic heterocycles. The summed E-state index contributed by atoms with van der Waals surface area (Å²) in [5, 5.41) is 12.8. The summed E-state index contributed by atoms with van der Waals surface area (Å²) in [4.78, 5) is 21.8. The minimum absolute atomic E-state index is 0.0724. The van der Waals surface area contributed by atoms with Crippen LogP contribution in [0.4, 0.5) is 0 Å². The van der Waals surface area contributed by atoms with E-state index < -0.39 is 0 Å². The van der Waals surface area contributed by atoms with E-state index in [9.17, 15) is 9.90 Å². The number of aliphatic hydroxyl groups is 1. The molecule has 2 heterocycles. The number of aryl methyl sites for hydroxylation is 2. The van der Waals surface area contributed by atoms with Crippen molar-refractivity contribution in [1.82, 2.24) is 15.3 Å². The Balaban J connectivity index is 1.56. The van der Waals surface area contributed by atoms with Crippen LogP contribution in [0.25, 0.3) is 0 Å². The fraction of sp³-hybridized carbons (Fsp3) is 0.500. The van der Waals surface area contributed by atoms with Gasteiger partial charge in [0, 0.05) is 29.7 Å². The van der Waals surface area contributed by atoms with E-state index in [4.69, 9.17) is 0 Å². The topological polar surface area (TPSA) is 75.1 Å². The van der Waals surface area contributed by atoms with E-state index in [-0.39, 0.29) is 18.1 Å². The third-order valence-electron chi connectivity index (χ3n) is 4.69. The van der Waals surface area contributed by atoms with Gasteiger partial charge in [-0.05, 0) is 56.2 Å². The van der Waals surface area contributed by atoms with E-state index in [0.29, 0.717) is 12.3 Å². The molecular formula is C18H23N3O2S. The number of nitrogens with zero attached hydrogens (tertiary/aromatic N) is 2. The predicted octanol–water partition coefficient (Wildman–Crippen LogP) is 2.28. The molecule has 0 unspecified atom stereocenters. The quantitative estimate of drug-likeness (QED) is 0.807. The van der Waals surface area contributed by atoms with E-state index in [1.165, 1.54) is 4.88 Å². The molecule has 2 N–H and O–H groups in total. The maximum absolute atomic E-state index is 12.4. The number of rotatable bonds is 7. The molecule has 24 heavy (non-hydrogen) atoms. The third-order valence-corrected chi connectivity index (χ3v) is 5.69. The van der Waals surface area contributed by atoms with Crippen LogP contribution in [0.15, 0.2) is 30.0 Å². The molecule has 6 heteroatoms. The Morgan fingerprint density at radius 1 is 1.42 bits per heavy atom. The van der Waals surface area contributed by atoms with Crippen LogP contribution < -0.4 is 5.32 Å². The van der Waals surface area contributed by atoms with Gasteiger partial charge in [0.2, 0.25) is 5.91 Å². The average Bonchev–Trinajstić information content (AvgIpc) is 2.95. The van der Waals surface area contributed by atoms with Crippen molar-refractivity contribution in [3.05, 3.63) is 46.2 Å². The van der Waals surface area contributed by atoms with Gasteiger partial charge in [-0.15, -0.1) is 11.3 Å². The number of aromatic nitrogens is 2. The number of hydrogen-bond acceptors (Lipinski definition) is 5. The molecule has 1 aliphatic rings. The van der Waals surface area contributed by atoms with Gasteiger partial charge in [-0.1, -0.05) is 0 Å². The number of hydrogen-bond donors (Lipinski definition) is 2. The Morgan fingerprint density at radius 2 is 2.17 bits per heavy atom. The molecule has 0 bridgehead atoms. The van der Waals surface area contributed by atoms with Crippen molar-refractivity contribution >= 4 is 17.2 Å². The second kappa shape index (κ2) is 7.85. The first kappa shape index (κ1) is 17.0. The molecule has 1 atom stereocenters. The van der Waals surface area contributed by atoms with Gasteiger partial charge in [-0.25, -0.2) is 4.98 Å². The van der Waals surface area contributed by atoms with Crippen LogP contribution >= 0.6 is 11.3 Å². The van der Waals surface area contributed by atoms with Crippen LogP contribution in [-0.2, 0) is 17.6 Å². The van der Waals surface area contributed by atoms with Gasteiger partial charge < -0.3 is 10.4 Å². The summed E-state index contributed by atoms with van der Waals surface area (Å²) in [6.45, 7) is 1.98. The highest BCUT2D eigenvalue weighted by Gasteiger charge is 2.34. The summed E-state index contributed by atoms with van der Waals surface area (Å²) in [5.74, 6) is 0.422. The number of nitrogens with one attached hydrogen (secondary N) is 1. The highest BCUT2D eigenvalue weighted by atomic mass is 32.1. The van der Waals surface area contributed by atoms with E-state index in [0.717, 1.165) is 36.9 Å². The number of carbonyl (C=O) groups is 1. The summed E-state index contributed by atoms with van der Waals surface area (Å²) in [6.07, 6.45) is 6.86. The Kier molecular flexibility index (Phi) is 5.58. The standard InChI is InChI=1S/C18H23N3O2S/c1-12-17(24-11-20-12)2-3-18(23)21-16(14-9-15(22)10-14)8-13-4-6-19-7-5-13/h4-7,11,14-16,22H,2-3,8-10H2,1H3,(H,21,23)/t14?,15?,16-/m0/s1. The molecule has 0 saturated heterocycles. The Morgan fingerprint density at radius 3 is 2.79 bits per heavy atom. The summed E-state index contributed by atoms with van der Waals surface area (Å²) >= 11 is 1.60. The normalized spacial score (nSPS) is 21.1. The zero-order valence-electron chi connectivity index (χ0n) is 13.8. The first-order valence-corrected chi connectivity index (χ1v) is 9.25. The maximum Gasteiger partial charge on any atom is 0.220 e. The van der Waals surface area contributed by atoms with E-state index >= 15 is 0 Å². The Bertz CT molecular complexity index is 668. The molecule has 5 nitrogen and oxygen atoms in total. The molecule has 0 radical (unpaired) electrons. The van der Waals surface area contributed by atoms with Crippen LogP contribution in [0.3, 0.4) is 0 Å². The molecule has 1 fully saturated rings. The molecule has 1 aliphatic carbocycles. The molecular weight excluding hydrogens is 322 g/mol. The van der Waals surface area contributed by atoms with Crippen molar-refractivity contribution in [2.24, 2.45) is 5.92 Å². The van der Waals surface area contributed by atoms with Crippen molar-refractivity contribution < 1.29 is 9.90 Å². The third kappa shape index (κ3) is 4.39. The molecule has 0 aromatic carbocycles. The van der Waals surface area contributed by atoms with Crippen molar-refractivity contribution in [3.63, 3.8) is 0 Å². The highest BCUT2D eigenvalue weighted by Crippen LogP contribution is 2.31. The van der Waals surface area contributed by atoms with Gasteiger partial charge in [0.25, 0.3) is 0 Å². The monoisotopic (exact) mass is 345 g/mol. The molecule has 1 amide bonds. The number of thiazole rings is 1. The van der Waals surface area contributed by atoms with Crippen LogP contribution in [0.5, 0.6) is 0 Å². The number of amides is 1. The zero-order chi connectivity index (χ0) is 16.9. The van der Waals surface area contributed by atoms with Crippen LogP contribution in [-0.4, -0.2) is 33.1 Å². The highest BCUT2D eigenvalue weighted by molar-refractivity contribution is 7.09. The number of carbonyl (C=O) groups excluding carboxylic acids is 1. The van der Waals surface area contributed by atoms with Crippen LogP contribution in [0.2, 0.25) is 0 Å². The van der Waals surface area contributed by atoms with E-state index in [2.05, 4.69) is 15.3 Å². The molecule has 128 valence electrons. The van der Waals surface area contributed by atoms with Crippen molar-refractivity contribution in [3.8, 4) is 0 Å². The Hall–Kier alpha value is -1.79. The van der Waals surface area contributed by atoms with Gasteiger partial charge in [0.1, 0.15) is 0 Å². The summed E-state index contributed by atoms with van der Waals surface area (Å²) in [6, 6.07) is 4.04. The second-order valence-corrected chi connectivity index (χ2v) is 7.42. The van der Waals surface area contributed by atoms with Gasteiger partial charge in [0.05, 0.1) is 17.3 Å². The number of pyridine rings is 1. The molecule has 3 rings (SSSR count). The van der Waals surface area contributed by atoms with Crippen molar-refractivity contribution in [1.29, 1.82) is 0 Å².